The fourth-order valence-electron chi connectivity index (χ4n) is 1.84. The predicted molar refractivity (Wildman–Crippen MR) is 77.2 cm³/mol. The molecule has 1 saturated heterocycles. The summed E-state index contributed by atoms with van der Waals surface area (Å²) in [6, 6.07) is 6.32. The third-order valence-electron chi connectivity index (χ3n) is 3.02. The summed E-state index contributed by atoms with van der Waals surface area (Å²) in [5.74, 6) is 0. The lowest BCUT2D eigenvalue weighted by molar-refractivity contribution is 0.313. The highest BCUT2D eigenvalue weighted by molar-refractivity contribution is 6.31. The maximum absolute atomic E-state index is 6.12. The van der Waals surface area contributed by atoms with Crippen LogP contribution in [-0.4, -0.2) is 38.1 Å². The van der Waals surface area contributed by atoms with Crippen molar-refractivity contribution in [2.75, 3.05) is 38.1 Å². The van der Waals surface area contributed by atoms with Crippen LogP contribution in [0.3, 0.4) is 0 Å². The van der Waals surface area contributed by atoms with Crippen LogP contribution in [-0.2, 0) is 0 Å². The number of rotatable bonds is 1. The molecule has 0 aliphatic carbocycles. The Labute approximate surface area is 110 Å². The van der Waals surface area contributed by atoms with E-state index in [0.717, 1.165) is 36.8 Å². The molecule has 1 aliphatic heterocycles. The van der Waals surface area contributed by atoms with Crippen LogP contribution in [0.25, 0.3) is 0 Å². The van der Waals surface area contributed by atoms with Gasteiger partial charge in [-0.15, -0.1) is 0 Å². The molecule has 0 radical (unpaired) electrons. The molecule has 0 atom stereocenters. The summed E-state index contributed by atoms with van der Waals surface area (Å²) >= 11 is 6.12. The van der Waals surface area contributed by atoms with E-state index in [2.05, 4.69) is 35.0 Å². The Morgan fingerprint density at radius 1 is 1.06 bits per heavy atom. The molecule has 96 valence electrons. The lowest BCUT2D eigenvalue weighted by Gasteiger charge is -2.34. The number of likely N-dealkylation sites (N-methyl/N-ethyl adjacent to an activating group) is 1. The Morgan fingerprint density at radius 2 is 1.65 bits per heavy atom. The standard InChI is InChI=1S/C12H17ClN2.C2H6/c1-10-3-4-11(9-12(10)13)15-7-5-14(2)6-8-15;1-2/h3-4,9H,5-8H2,1-2H3;1-2H3. The van der Waals surface area contributed by atoms with Crippen molar-refractivity contribution < 1.29 is 0 Å². The van der Waals surface area contributed by atoms with Gasteiger partial charge >= 0.3 is 0 Å². The molecule has 1 aromatic carbocycles. The molecule has 3 heteroatoms. The van der Waals surface area contributed by atoms with E-state index in [1.807, 2.05) is 20.8 Å². The highest BCUT2D eigenvalue weighted by Crippen LogP contribution is 2.23. The molecule has 0 saturated carbocycles. The number of anilines is 1. The van der Waals surface area contributed by atoms with Gasteiger partial charge in [0.2, 0.25) is 0 Å². The Hall–Kier alpha value is -0.730. The monoisotopic (exact) mass is 254 g/mol. The summed E-state index contributed by atoms with van der Waals surface area (Å²) in [5, 5.41) is 0.867. The zero-order valence-electron chi connectivity index (χ0n) is 11.3. The molecule has 0 amide bonds. The minimum absolute atomic E-state index is 0.867. The van der Waals surface area contributed by atoms with Crippen molar-refractivity contribution >= 4 is 17.3 Å². The second-order valence-corrected chi connectivity index (χ2v) is 4.63. The Bertz CT molecular complexity index is 344. The lowest BCUT2D eigenvalue weighted by Crippen LogP contribution is -2.44. The molecule has 1 aliphatic rings. The van der Waals surface area contributed by atoms with Gasteiger partial charge in [-0.25, -0.2) is 0 Å². The maximum Gasteiger partial charge on any atom is 0.0455 e. The van der Waals surface area contributed by atoms with E-state index >= 15 is 0 Å². The van der Waals surface area contributed by atoms with Crippen molar-refractivity contribution in [1.82, 2.24) is 4.90 Å². The number of hydrogen-bond donors (Lipinski definition) is 0. The van der Waals surface area contributed by atoms with Crippen LogP contribution < -0.4 is 4.90 Å². The third kappa shape index (κ3) is 3.90. The molecule has 0 bridgehead atoms. The highest BCUT2D eigenvalue weighted by atomic mass is 35.5. The van der Waals surface area contributed by atoms with E-state index in [0.29, 0.717) is 0 Å². The van der Waals surface area contributed by atoms with Crippen LogP contribution in [0.2, 0.25) is 5.02 Å². The van der Waals surface area contributed by atoms with Crippen LogP contribution in [0.15, 0.2) is 18.2 Å². The summed E-state index contributed by atoms with van der Waals surface area (Å²) in [4.78, 5) is 4.75. The molecule has 0 N–H and O–H groups in total. The quantitative estimate of drug-likeness (QED) is 0.758. The number of benzene rings is 1. The van der Waals surface area contributed by atoms with E-state index in [1.165, 1.54) is 5.69 Å². The average Bonchev–Trinajstić information content (AvgIpc) is 2.36. The lowest BCUT2D eigenvalue weighted by atomic mass is 10.2. The normalized spacial score (nSPS) is 16.4. The summed E-state index contributed by atoms with van der Waals surface area (Å²) in [6.45, 7) is 10.5. The van der Waals surface area contributed by atoms with Crippen molar-refractivity contribution in [1.29, 1.82) is 0 Å². The summed E-state index contributed by atoms with van der Waals surface area (Å²) in [6.07, 6.45) is 0. The van der Waals surface area contributed by atoms with E-state index in [9.17, 15) is 0 Å². The topological polar surface area (TPSA) is 6.48 Å². The van der Waals surface area contributed by atoms with Gasteiger partial charge in [0.05, 0.1) is 0 Å². The maximum atomic E-state index is 6.12. The van der Waals surface area contributed by atoms with Crippen molar-refractivity contribution in [3.63, 3.8) is 0 Å². The molecular weight excluding hydrogens is 232 g/mol. The third-order valence-corrected chi connectivity index (χ3v) is 3.43. The van der Waals surface area contributed by atoms with Gasteiger partial charge in [0.15, 0.2) is 0 Å². The number of aryl methyl sites for hydroxylation is 1. The zero-order valence-corrected chi connectivity index (χ0v) is 12.1. The molecule has 1 aromatic rings. The van der Waals surface area contributed by atoms with Crippen molar-refractivity contribution in [3.8, 4) is 0 Å². The average molecular weight is 255 g/mol. The first kappa shape index (κ1) is 14.3. The first-order valence-corrected chi connectivity index (χ1v) is 6.74. The highest BCUT2D eigenvalue weighted by Gasteiger charge is 2.14. The number of hydrogen-bond acceptors (Lipinski definition) is 2. The fourth-order valence-corrected chi connectivity index (χ4v) is 2.02. The van der Waals surface area contributed by atoms with Gasteiger partial charge in [0, 0.05) is 36.9 Å². The number of piperazine rings is 1. The fraction of sp³-hybridized carbons (Fsp3) is 0.571. The zero-order chi connectivity index (χ0) is 12.8. The van der Waals surface area contributed by atoms with Gasteiger partial charge in [0.1, 0.15) is 0 Å². The van der Waals surface area contributed by atoms with Gasteiger partial charge in [-0.1, -0.05) is 31.5 Å². The largest absolute Gasteiger partial charge is 0.369 e. The Kier molecular flexibility index (Phi) is 5.79. The van der Waals surface area contributed by atoms with Gasteiger partial charge < -0.3 is 9.80 Å². The molecule has 2 nitrogen and oxygen atoms in total. The minimum atomic E-state index is 0.867. The van der Waals surface area contributed by atoms with Crippen molar-refractivity contribution in [3.05, 3.63) is 28.8 Å². The van der Waals surface area contributed by atoms with Gasteiger partial charge in [-0.2, -0.15) is 0 Å². The molecule has 1 heterocycles. The van der Waals surface area contributed by atoms with E-state index in [4.69, 9.17) is 11.6 Å². The second kappa shape index (κ2) is 6.87. The van der Waals surface area contributed by atoms with Crippen molar-refractivity contribution in [2.45, 2.75) is 20.8 Å². The van der Waals surface area contributed by atoms with Crippen LogP contribution in [0.5, 0.6) is 0 Å². The smallest absolute Gasteiger partial charge is 0.0455 e. The molecule has 17 heavy (non-hydrogen) atoms. The van der Waals surface area contributed by atoms with E-state index < -0.39 is 0 Å². The molecule has 0 unspecified atom stereocenters. The second-order valence-electron chi connectivity index (χ2n) is 4.22. The van der Waals surface area contributed by atoms with E-state index in [-0.39, 0.29) is 0 Å². The van der Waals surface area contributed by atoms with Gasteiger partial charge in [-0.3, -0.25) is 0 Å². The van der Waals surface area contributed by atoms with Crippen LogP contribution in [0.1, 0.15) is 19.4 Å². The number of halogens is 1. The summed E-state index contributed by atoms with van der Waals surface area (Å²) < 4.78 is 0. The molecule has 1 fully saturated rings. The molecule has 2 rings (SSSR count). The number of nitrogens with zero attached hydrogens (tertiary/aromatic N) is 2. The first-order valence-electron chi connectivity index (χ1n) is 6.36. The van der Waals surface area contributed by atoms with Crippen molar-refractivity contribution in [2.24, 2.45) is 0 Å². The van der Waals surface area contributed by atoms with Crippen LogP contribution in [0, 0.1) is 6.92 Å². The van der Waals surface area contributed by atoms with E-state index in [1.54, 1.807) is 0 Å². The van der Waals surface area contributed by atoms with Gasteiger partial charge in [0.25, 0.3) is 0 Å². The minimum Gasteiger partial charge on any atom is -0.369 e. The molecular formula is C14H23ClN2. The molecule has 0 spiro atoms. The summed E-state index contributed by atoms with van der Waals surface area (Å²) in [5.41, 5.74) is 2.40. The predicted octanol–water partition coefficient (Wildman–Crippen LogP) is 3.43. The Morgan fingerprint density at radius 3 is 2.18 bits per heavy atom. The van der Waals surface area contributed by atoms with Crippen LogP contribution in [0.4, 0.5) is 5.69 Å². The Balaban J connectivity index is 0.000000686. The molecule has 0 aromatic heterocycles. The van der Waals surface area contributed by atoms with Gasteiger partial charge in [-0.05, 0) is 31.7 Å². The first-order chi connectivity index (χ1) is 8.16. The SMILES string of the molecule is CC.Cc1ccc(N2CCN(C)CC2)cc1Cl. The van der Waals surface area contributed by atoms with Crippen LogP contribution >= 0.6 is 11.6 Å². The summed E-state index contributed by atoms with van der Waals surface area (Å²) in [7, 11) is 2.17.